The number of ketones is 1. The number of aryl methyl sites for hydroxylation is 1. The highest BCUT2D eigenvalue weighted by Gasteiger charge is 2.27. The fraction of sp³-hybridized carbons (Fsp3) is 0.192. The molecule has 5 rings (SSSR count). The van der Waals surface area contributed by atoms with Crippen molar-refractivity contribution in [2.75, 3.05) is 0 Å². The van der Waals surface area contributed by atoms with Crippen LogP contribution in [0.1, 0.15) is 36.7 Å². The minimum Gasteiger partial charge on any atom is -0.344 e. The van der Waals surface area contributed by atoms with Crippen LogP contribution in [0.25, 0.3) is 33.3 Å². The molecule has 0 aliphatic carbocycles. The number of nitrogens with zero attached hydrogens (tertiary/aromatic N) is 3. The van der Waals surface area contributed by atoms with Crippen molar-refractivity contribution in [3.63, 3.8) is 0 Å². The fourth-order valence-electron chi connectivity index (χ4n) is 4.00. The van der Waals surface area contributed by atoms with Crippen molar-refractivity contribution in [2.24, 2.45) is 5.41 Å². The maximum atomic E-state index is 14.3. The number of rotatable bonds is 4. The van der Waals surface area contributed by atoms with Crippen molar-refractivity contribution in [2.45, 2.75) is 32.6 Å². The van der Waals surface area contributed by atoms with Crippen molar-refractivity contribution in [1.82, 2.24) is 18.9 Å². The maximum Gasteiger partial charge on any atom is 0.268 e. The van der Waals surface area contributed by atoms with Gasteiger partial charge >= 0.3 is 0 Å². The average Bonchev–Trinajstić information content (AvgIpc) is 3.39. The van der Waals surface area contributed by atoms with Gasteiger partial charge in [-0.25, -0.2) is 26.7 Å². The zero-order chi connectivity index (χ0) is 25.1. The van der Waals surface area contributed by atoms with E-state index in [1.165, 1.54) is 42.7 Å². The number of Topliss-reactive ketones (excluding diaryl/α,β-unsaturated/α-hetero) is 1. The first-order chi connectivity index (χ1) is 16.5. The summed E-state index contributed by atoms with van der Waals surface area (Å²) in [5, 5.41) is 0.369. The number of aromatic amines is 1. The zero-order valence-corrected chi connectivity index (χ0v) is 20.4. The summed E-state index contributed by atoms with van der Waals surface area (Å²) in [6.07, 6.45) is 4.48. The lowest BCUT2D eigenvalue weighted by atomic mass is 9.87. The second kappa shape index (κ2) is 7.84. The SMILES string of the molecule is Cc1ccc(S(=O)(=O)n2cc(-c3cnc4[nH]cc(C(=O)C(C)(C)C)c4n3)c3cc(F)ccc32)cc1. The monoisotopic (exact) mass is 490 g/mol. The van der Waals surface area contributed by atoms with E-state index in [1.54, 1.807) is 18.3 Å². The van der Waals surface area contributed by atoms with Crippen molar-refractivity contribution in [3.8, 4) is 11.3 Å². The molecule has 0 saturated heterocycles. The summed E-state index contributed by atoms with van der Waals surface area (Å²) in [6, 6.07) is 10.4. The summed E-state index contributed by atoms with van der Waals surface area (Å²) in [6.45, 7) is 7.32. The van der Waals surface area contributed by atoms with Crippen LogP contribution < -0.4 is 0 Å². The van der Waals surface area contributed by atoms with Crippen LogP contribution in [-0.4, -0.2) is 33.1 Å². The maximum absolute atomic E-state index is 14.3. The number of carbonyl (C=O) groups excluding carboxylic acids is 1. The lowest BCUT2D eigenvalue weighted by Gasteiger charge is -2.15. The number of H-pyrrole nitrogens is 1. The van der Waals surface area contributed by atoms with Gasteiger partial charge in [-0.1, -0.05) is 38.5 Å². The van der Waals surface area contributed by atoms with E-state index in [1.807, 2.05) is 27.7 Å². The number of hydrogen-bond donors (Lipinski definition) is 1. The lowest BCUT2D eigenvalue weighted by Crippen LogP contribution is -2.20. The number of hydrogen-bond acceptors (Lipinski definition) is 5. The second-order valence-corrected chi connectivity index (χ2v) is 11.4. The average molecular weight is 491 g/mol. The van der Waals surface area contributed by atoms with Gasteiger partial charge in [-0.2, -0.15) is 0 Å². The molecule has 0 spiro atoms. The summed E-state index contributed by atoms with van der Waals surface area (Å²) in [4.78, 5) is 25.1. The van der Waals surface area contributed by atoms with E-state index in [-0.39, 0.29) is 10.7 Å². The molecule has 0 aliphatic rings. The van der Waals surface area contributed by atoms with Crippen LogP contribution in [0.2, 0.25) is 0 Å². The van der Waals surface area contributed by atoms with Crippen molar-refractivity contribution < 1.29 is 17.6 Å². The van der Waals surface area contributed by atoms with Crippen LogP contribution in [0, 0.1) is 18.2 Å². The lowest BCUT2D eigenvalue weighted by molar-refractivity contribution is 0.0860. The van der Waals surface area contributed by atoms with Gasteiger partial charge in [0.1, 0.15) is 11.3 Å². The third-order valence-electron chi connectivity index (χ3n) is 5.89. The molecule has 1 N–H and O–H groups in total. The molecule has 0 radical (unpaired) electrons. The Morgan fingerprint density at radius 1 is 1.09 bits per heavy atom. The number of halogens is 1. The first-order valence-corrected chi connectivity index (χ1v) is 12.4. The van der Waals surface area contributed by atoms with Crippen molar-refractivity contribution >= 4 is 37.9 Å². The third kappa shape index (κ3) is 3.81. The Morgan fingerprint density at radius 3 is 2.49 bits per heavy atom. The summed E-state index contributed by atoms with van der Waals surface area (Å²) in [5.74, 6) is -0.617. The summed E-state index contributed by atoms with van der Waals surface area (Å²) >= 11 is 0. The Balaban J connectivity index is 1.74. The summed E-state index contributed by atoms with van der Waals surface area (Å²) in [7, 11) is -3.97. The summed E-state index contributed by atoms with van der Waals surface area (Å²) < 4.78 is 42.4. The van der Waals surface area contributed by atoms with Crippen LogP contribution >= 0.6 is 0 Å². The molecule has 5 aromatic rings. The molecule has 0 fully saturated rings. The van der Waals surface area contributed by atoms with Gasteiger partial charge in [0, 0.05) is 28.8 Å². The Morgan fingerprint density at radius 2 is 1.80 bits per heavy atom. The molecule has 178 valence electrons. The van der Waals surface area contributed by atoms with Crippen LogP contribution in [-0.2, 0) is 10.0 Å². The zero-order valence-electron chi connectivity index (χ0n) is 19.6. The molecule has 0 saturated carbocycles. The minimum atomic E-state index is -3.97. The fourth-order valence-corrected chi connectivity index (χ4v) is 5.37. The molecule has 7 nitrogen and oxygen atoms in total. The number of fused-ring (bicyclic) bond motifs is 2. The van der Waals surface area contributed by atoms with Gasteiger partial charge in [0.25, 0.3) is 10.0 Å². The van der Waals surface area contributed by atoms with Gasteiger partial charge in [0.05, 0.1) is 27.9 Å². The van der Waals surface area contributed by atoms with Crippen LogP contribution in [0.4, 0.5) is 4.39 Å². The van der Waals surface area contributed by atoms with Gasteiger partial charge in [0.2, 0.25) is 0 Å². The molecule has 0 bridgehead atoms. The Hall–Kier alpha value is -3.85. The van der Waals surface area contributed by atoms with Crippen LogP contribution in [0.3, 0.4) is 0 Å². The molecule has 3 heterocycles. The van der Waals surface area contributed by atoms with E-state index in [2.05, 4.69) is 15.0 Å². The molecule has 0 aliphatic heterocycles. The molecule has 9 heteroatoms. The smallest absolute Gasteiger partial charge is 0.268 e. The van der Waals surface area contributed by atoms with Crippen molar-refractivity contribution in [3.05, 3.63) is 78.0 Å². The van der Waals surface area contributed by atoms with Gasteiger partial charge in [-0.3, -0.25) is 4.79 Å². The Labute approximate surface area is 201 Å². The Kier molecular flexibility index (Phi) is 5.14. The van der Waals surface area contributed by atoms with Gasteiger partial charge in [-0.05, 0) is 37.3 Å². The van der Waals surface area contributed by atoms with Gasteiger partial charge < -0.3 is 4.98 Å². The first-order valence-electron chi connectivity index (χ1n) is 11.0. The number of nitrogens with one attached hydrogen (secondary N) is 1. The highest BCUT2D eigenvalue weighted by Crippen LogP contribution is 2.34. The predicted molar refractivity (Wildman–Crippen MR) is 132 cm³/mol. The van der Waals surface area contributed by atoms with E-state index in [9.17, 15) is 17.6 Å². The van der Waals surface area contributed by atoms with Gasteiger partial charge in [-0.15, -0.1) is 0 Å². The molecule has 0 atom stereocenters. The third-order valence-corrected chi connectivity index (χ3v) is 7.58. The number of benzene rings is 2. The second-order valence-electron chi connectivity index (χ2n) is 9.55. The standard InChI is InChI=1S/C26H23FN4O3S/c1-15-5-8-17(9-6-15)35(33,34)31-14-20(18-11-16(27)7-10-22(18)31)21-13-29-25-23(30-21)19(12-28-25)24(32)26(2,3)4/h5-14H,1-4H3,(H,28,29). The Bertz CT molecular complexity index is 1730. The van der Waals surface area contributed by atoms with Gasteiger partial charge in [0.15, 0.2) is 11.4 Å². The van der Waals surface area contributed by atoms with Crippen molar-refractivity contribution in [1.29, 1.82) is 0 Å². The molecule has 0 amide bonds. The van der Waals surface area contributed by atoms with E-state index >= 15 is 0 Å². The molecule has 2 aromatic carbocycles. The minimum absolute atomic E-state index is 0.106. The highest BCUT2D eigenvalue weighted by molar-refractivity contribution is 7.90. The normalized spacial score (nSPS) is 12.5. The largest absolute Gasteiger partial charge is 0.344 e. The molecule has 35 heavy (non-hydrogen) atoms. The van der Waals surface area contributed by atoms with E-state index in [4.69, 9.17) is 0 Å². The van der Waals surface area contributed by atoms with Crippen LogP contribution in [0.15, 0.2) is 66.0 Å². The van der Waals surface area contributed by atoms with E-state index in [0.717, 1.165) is 9.54 Å². The topological polar surface area (TPSA) is 97.7 Å². The molecular weight excluding hydrogens is 467 g/mol. The quantitative estimate of drug-likeness (QED) is 0.336. The van der Waals surface area contributed by atoms with Crippen LogP contribution in [0.5, 0.6) is 0 Å². The first kappa shape index (κ1) is 22.9. The molecule has 0 unspecified atom stereocenters. The van der Waals surface area contributed by atoms with E-state index in [0.29, 0.717) is 38.9 Å². The molecular formula is C26H23FN4O3S. The number of carbonyl (C=O) groups is 1. The van der Waals surface area contributed by atoms with E-state index < -0.39 is 21.3 Å². The summed E-state index contributed by atoms with van der Waals surface area (Å²) in [5.41, 5.74) is 2.53. The predicted octanol–water partition coefficient (Wildman–Crippen LogP) is 5.49. The number of aromatic nitrogens is 4. The molecule has 3 aromatic heterocycles. The highest BCUT2D eigenvalue weighted by atomic mass is 32.2.